The highest BCUT2D eigenvalue weighted by Gasteiger charge is 2.50. The van der Waals surface area contributed by atoms with Crippen molar-refractivity contribution in [2.24, 2.45) is 23.2 Å². The first-order chi connectivity index (χ1) is 16.0. The Balaban J connectivity index is 1.04. The van der Waals surface area contributed by atoms with Gasteiger partial charge in [-0.05, 0) is 92.4 Å². The molecule has 2 aromatic rings. The van der Waals surface area contributed by atoms with Crippen LogP contribution in [0.4, 0.5) is 10.1 Å². The predicted octanol–water partition coefficient (Wildman–Crippen LogP) is 4.40. The van der Waals surface area contributed by atoms with Crippen LogP contribution in [0.3, 0.4) is 0 Å². The van der Waals surface area contributed by atoms with Gasteiger partial charge in [-0.15, -0.1) is 0 Å². The molecule has 6 rings (SSSR count). The molecule has 1 aromatic heterocycles. The standard InChI is InChI=1S/C25H28FN3O4/c26-20-1-3-21(4-2-20)29-23(31)19-13-27-24(28-14-19)33-15-22(30)32-6-5-25-10-16-7-17(11-25)9-18(8-16)12-25/h1-4,13-14,16-18H,5-12,15H2,(H,29,31). The third-order valence-corrected chi connectivity index (χ3v) is 7.37. The summed E-state index contributed by atoms with van der Waals surface area (Å²) in [7, 11) is 0. The van der Waals surface area contributed by atoms with Gasteiger partial charge in [0, 0.05) is 18.1 Å². The fourth-order valence-electron chi connectivity index (χ4n) is 6.39. The summed E-state index contributed by atoms with van der Waals surface area (Å²) in [6.45, 7) is 0.152. The van der Waals surface area contributed by atoms with Gasteiger partial charge in [0.05, 0.1) is 12.2 Å². The Morgan fingerprint density at radius 3 is 2.21 bits per heavy atom. The number of aromatic nitrogens is 2. The average Bonchev–Trinajstić information content (AvgIpc) is 2.78. The molecule has 7 nitrogen and oxygen atoms in total. The molecule has 0 radical (unpaired) electrons. The van der Waals surface area contributed by atoms with Crippen molar-refractivity contribution < 1.29 is 23.5 Å². The number of ether oxygens (including phenoxy) is 2. The fraction of sp³-hybridized carbons (Fsp3) is 0.520. The lowest BCUT2D eigenvalue weighted by Gasteiger charge is -2.57. The molecule has 0 aliphatic heterocycles. The van der Waals surface area contributed by atoms with Crippen molar-refractivity contribution in [3.05, 3.63) is 48.0 Å². The molecule has 0 saturated heterocycles. The number of esters is 1. The average molecular weight is 454 g/mol. The second-order valence-electron chi connectivity index (χ2n) is 9.89. The molecule has 1 aromatic carbocycles. The fourth-order valence-corrected chi connectivity index (χ4v) is 6.39. The van der Waals surface area contributed by atoms with Crippen molar-refractivity contribution in [1.82, 2.24) is 9.97 Å². The molecule has 0 spiro atoms. The van der Waals surface area contributed by atoms with Gasteiger partial charge in [0.15, 0.2) is 6.61 Å². The van der Waals surface area contributed by atoms with Gasteiger partial charge in [0.1, 0.15) is 5.82 Å². The molecule has 33 heavy (non-hydrogen) atoms. The molecule has 1 amide bonds. The number of halogens is 1. The number of rotatable bonds is 8. The summed E-state index contributed by atoms with van der Waals surface area (Å²) >= 11 is 0. The number of nitrogens with zero attached hydrogens (tertiary/aromatic N) is 2. The lowest BCUT2D eigenvalue weighted by atomic mass is 9.49. The van der Waals surface area contributed by atoms with E-state index in [1.807, 2.05) is 0 Å². The molecule has 4 saturated carbocycles. The van der Waals surface area contributed by atoms with E-state index in [1.54, 1.807) is 0 Å². The molecule has 8 heteroatoms. The van der Waals surface area contributed by atoms with E-state index in [-0.39, 0.29) is 24.0 Å². The Labute approximate surface area is 192 Å². The number of benzene rings is 1. The molecule has 1 N–H and O–H groups in total. The molecular formula is C25H28FN3O4. The number of nitrogens with one attached hydrogen (secondary N) is 1. The number of hydrogen-bond acceptors (Lipinski definition) is 6. The highest BCUT2D eigenvalue weighted by Crippen LogP contribution is 2.61. The van der Waals surface area contributed by atoms with Crippen LogP contribution in [-0.2, 0) is 9.53 Å². The lowest BCUT2D eigenvalue weighted by molar-refractivity contribution is -0.148. The van der Waals surface area contributed by atoms with E-state index in [0.29, 0.717) is 17.7 Å². The molecule has 1 heterocycles. The second kappa shape index (κ2) is 9.08. The Kier molecular flexibility index (Phi) is 6.00. The minimum absolute atomic E-state index is 0.00799. The third kappa shape index (κ3) is 5.15. The first-order valence-corrected chi connectivity index (χ1v) is 11.6. The Morgan fingerprint density at radius 2 is 1.61 bits per heavy atom. The number of carbonyl (C=O) groups excluding carboxylic acids is 2. The Hall–Kier alpha value is -3.03. The zero-order valence-electron chi connectivity index (χ0n) is 18.5. The van der Waals surface area contributed by atoms with Crippen molar-refractivity contribution in [2.45, 2.75) is 44.9 Å². The summed E-state index contributed by atoms with van der Waals surface area (Å²) in [6.07, 6.45) is 11.6. The van der Waals surface area contributed by atoms with Crippen LogP contribution in [0.5, 0.6) is 6.01 Å². The van der Waals surface area contributed by atoms with E-state index in [4.69, 9.17) is 9.47 Å². The van der Waals surface area contributed by atoms with E-state index in [2.05, 4.69) is 15.3 Å². The maximum atomic E-state index is 13.0. The molecule has 4 bridgehead atoms. The van der Waals surface area contributed by atoms with Crippen LogP contribution in [0.15, 0.2) is 36.7 Å². The van der Waals surface area contributed by atoms with E-state index in [0.717, 1.165) is 24.2 Å². The number of hydrogen-bond donors (Lipinski definition) is 1. The highest BCUT2D eigenvalue weighted by atomic mass is 19.1. The number of anilines is 1. The van der Waals surface area contributed by atoms with Gasteiger partial charge >= 0.3 is 12.0 Å². The first-order valence-electron chi connectivity index (χ1n) is 11.6. The largest absolute Gasteiger partial charge is 0.463 e. The molecule has 4 aliphatic carbocycles. The van der Waals surface area contributed by atoms with Crippen LogP contribution in [0, 0.1) is 29.0 Å². The lowest BCUT2D eigenvalue weighted by Crippen LogP contribution is -2.46. The number of carbonyl (C=O) groups is 2. The highest BCUT2D eigenvalue weighted by molar-refractivity contribution is 6.03. The SMILES string of the molecule is O=C(COc1ncc(C(=O)Nc2ccc(F)cc2)cn1)OCCC12CC3CC(CC(C3)C1)C2. The van der Waals surface area contributed by atoms with Gasteiger partial charge in [0.2, 0.25) is 0 Å². The van der Waals surface area contributed by atoms with E-state index >= 15 is 0 Å². The summed E-state index contributed by atoms with van der Waals surface area (Å²) < 4.78 is 23.7. The Bertz CT molecular complexity index is 974. The van der Waals surface area contributed by atoms with Gasteiger partial charge < -0.3 is 14.8 Å². The molecular weight excluding hydrogens is 425 g/mol. The predicted molar refractivity (Wildman–Crippen MR) is 118 cm³/mol. The molecule has 0 unspecified atom stereocenters. The maximum Gasteiger partial charge on any atom is 0.344 e. The van der Waals surface area contributed by atoms with Crippen LogP contribution >= 0.6 is 0 Å². The van der Waals surface area contributed by atoms with Crippen LogP contribution < -0.4 is 10.1 Å². The van der Waals surface area contributed by atoms with Crippen LogP contribution in [0.1, 0.15) is 55.3 Å². The van der Waals surface area contributed by atoms with Gasteiger partial charge in [0.25, 0.3) is 5.91 Å². The van der Waals surface area contributed by atoms with Crippen molar-refractivity contribution >= 4 is 17.6 Å². The second-order valence-corrected chi connectivity index (χ2v) is 9.89. The Morgan fingerprint density at radius 1 is 1.00 bits per heavy atom. The van der Waals surface area contributed by atoms with Crippen LogP contribution in [0.2, 0.25) is 0 Å². The third-order valence-electron chi connectivity index (χ3n) is 7.37. The minimum Gasteiger partial charge on any atom is -0.463 e. The summed E-state index contributed by atoms with van der Waals surface area (Å²) in [6, 6.07) is 5.42. The van der Waals surface area contributed by atoms with Gasteiger partial charge in [-0.3, -0.25) is 4.79 Å². The van der Waals surface area contributed by atoms with E-state index in [9.17, 15) is 14.0 Å². The monoisotopic (exact) mass is 453 g/mol. The number of amides is 1. The zero-order valence-corrected chi connectivity index (χ0v) is 18.5. The minimum atomic E-state index is -0.443. The van der Waals surface area contributed by atoms with Crippen LogP contribution in [0.25, 0.3) is 0 Å². The smallest absolute Gasteiger partial charge is 0.344 e. The summed E-state index contributed by atoms with van der Waals surface area (Å²) in [5, 5.41) is 2.62. The zero-order chi connectivity index (χ0) is 22.8. The van der Waals surface area contributed by atoms with Crippen LogP contribution in [-0.4, -0.2) is 35.1 Å². The quantitative estimate of drug-likeness (QED) is 0.596. The van der Waals surface area contributed by atoms with Crippen molar-refractivity contribution in [3.8, 4) is 6.01 Å². The normalized spacial score (nSPS) is 27.2. The van der Waals surface area contributed by atoms with Gasteiger partial charge in [-0.1, -0.05) is 0 Å². The molecule has 4 fully saturated rings. The van der Waals surface area contributed by atoms with Crippen molar-refractivity contribution in [1.29, 1.82) is 0 Å². The molecule has 4 aliphatic rings. The van der Waals surface area contributed by atoms with Gasteiger partial charge in [-0.2, -0.15) is 0 Å². The van der Waals surface area contributed by atoms with Crippen molar-refractivity contribution in [3.63, 3.8) is 0 Å². The molecule has 0 atom stereocenters. The van der Waals surface area contributed by atoms with Gasteiger partial charge in [-0.25, -0.2) is 19.2 Å². The topological polar surface area (TPSA) is 90.4 Å². The van der Waals surface area contributed by atoms with E-state index in [1.165, 1.54) is 75.2 Å². The summed E-state index contributed by atoms with van der Waals surface area (Å²) in [4.78, 5) is 32.3. The summed E-state index contributed by atoms with van der Waals surface area (Å²) in [5.74, 6) is 1.39. The van der Waals surface area contributed by atoms with Crippen molar-refractivity contribution in [2.75, 3.05) is 18.5 Å². The first kappa shape index (κ1) is 21.8. The summed E-state index contributed by atoms with van der Waals surface area (Å²) in [5.41, 5.74) is 1.05. The molecule has 174 valence electrons. The maximum absolute atomic E-state index is 13.0. The van der Waals surface area contributed by atoms with E-state index < -0.39 is 11.9 Å².